The van der Waals surface area contributed by atoms with Crippen LogP contribution in [-0.4, -0.2) is 47.4 Å². The lowest BCUT2D eigenvalue weighted by atomic mass is 9.58. The highest BCUT2D eigenvalue weighted by molar-refractivity contribution is 6.33. The predicted molar refractivity (Wildman–Crippen MR) is 155 cm³/mol. The topological polar surface area (TPSA) is 145 Å². The van der Waals surface area contributed by atoms with Crippen LogP contribution in [0.2, 0.25) is 5.02 Å². The lowest BCUT2D eigenvalue weighted by Gasteiger charge is -2.40. The monoisotopic (exact) mass is 605 g/mol. The summed E-state index contributed by atoms with van der Waals surface area (Å²) >= 11 is 6.35. The van der Waals surface area contributed by atoms with E-state index in [0.29, 0.717) is 11.1 Å². The van der Waals surface area contributed by atoms with Crippen molar-refractivity contribution >= 4 is 46.7 Å². The lowest BCUT2D eigenvalue weighted by Crippen LogP contribution is -2.70. The summed E-state index contributed by atoms with van der Waals surface area (Å²) in [6.45, 7) is 4.06. The zero-order chi connectivity index (χ0) is 31.1. The number of halogens is 1. The van der Waals surface area contributed by atoms with Gasteiger partial charge < -0.3 is 9.47 Å². The minimum atomic E-state index is -2.49. The standard InChI is InChI=1S/C31H28ClN3O8/c1-4-42-28(38)31(29(39)43-5-2)30(23-16-13-21(32)17-24(23)34(18(3)36)27(30)37)25(19-9-7-6-8-10-19)26(33-31)20-11-14-22(15-12-20)35(40)41/h6-17,25-26,33H,4-5H2,1-3H3/t25-,26-,30-/m1/s1. The third-order valence-corrected chi connectivity index (χ3v) is 8.26. The SMILES string of the molecule is CCOC(=O)C1(C(=O)OCC)N[C@H](c2ccc([N+](=O)[O-])cc2)[C@@H](c2ccccc2)[C@]12C(=O)N(C(C)=O)c1cc(Cl)ccc12. The average molecular weight is 606 g/mol. The third-order valence-electron chi connectivity index (χ3n) is 8.03. The molecule has 0 radical (unpaired) electrons. The second kappa shape index (κ2) is 11.2. The number of nitrogens with zero attached hydrogens (tertiary/aromatic N) is 2. The number of esters is 2. The lowest BCUT2D eigenvalue weighted by molar-refractivity contribution is -0.384. The molecule has 2 aliphatic rings. The molecule has 0 unspecified atom stereocenters. The number of ether oxygens (including phenoxy) is 2. The largest absolute Gasteiger partial charge is 0.464 e. The van der Waals surface area contributed by atoms with E-state index >= 15 is 0 Å². The van der Waals surface area contributed by atoms with E-state index in [4.69, 9.17) is 21.1 Å². The number of amides is 2. The molecule has 1 fully saturated rings. The van der Waals surface area contributed by atoms with Gasteiger partial charge in [-0.3, -0.25) is 25.0 Å². The molecule has 2 heterocycles. The highest BCUT2D eigenvalue weighted by atomic mass is 35.5. The second-order valence-corrected chi connectivity index (χ2v) is 10.6. The van der Waals surface area contributed by atoms with Gasteiger partial charge in [0.25, 0.3) is 5.69 Å². The number of anilines is 1. The maximum absolute atomic E-state index is 15.0. The highest BCUT2D eigenvalue weighted by Crippen LogP contribution is 2.64. The molecule has 0 bridgehead atoms. The molecule has 1 N–H and O–H groups in total. The van der Waals surface area contributed by atoms with Crippen LogP contribution in [0.15, 0.2) is 72.8 Å². The number of nitro benzene ring substituents is 1. The van der Waals surface area contributed by atoms with Crippen LogP contribution in [0.5, 0.6) is 0 Å². The van der Waals surface area contributed by atoms with Crippen LogP contribution >= 0.6 is 11.6 Å². The summed E-state index contributed by atoms with van der Waals surface area (Å²) in [5.74, 6) is -4.67. The second-order valence-electron chi connectivity index (χ2n) is 10.2. The minimum Gasteiger partial charge on any atom is -0.464 e. The van der Waals surface area contributed by atoms with E-state index in [1.54, 1.807) is 44.2 Å². The van der Waals surface area contributed by atoms with Gasteiger partial charge in [0.15, 0.2) is 0 Å². The van der Waals surface area contributed by atoms with Gasteiger partial charge in [0.2, 0.25) is 17.4 Å². The molecule has 3 atom stereocenters. The summed E-state index contributed by atoms with van der Waals surface area (Å²) in [7, 11) is 0. The Morgan fingerprint density at radius 3 is 2.09 bits per heavy atom. The van der Waals surface area contributed by atoms with Crippen LogP contribution in [0.1, 0.15) is 49.4 Å². The van der Waals surface area contributed by atoms with Crippen molar-refractivity contribution in [2.75, 3.05) is 18.1 Å². The van der Waals surface area contributed by atoms with Crippen LogP contribution in [0.3, 0.4) is 0 Å². The van der Waals surface area contributed by atoms with Crippen LogP contribution in [-0.2, 0) is 34.1 Å². The van der Waals surface area contributed by atoms with Gasteiger partial charge in [-0.25, -0.2) is 14.5 Å². The van der Waals surface area contributed by atoms with Gasteiger partial charge in [-0.05, 0) is 42.7 Å². The predicted octanol–water partition coefficient (Wildman–Crippen LogP) is 4.37. The Morgan fingerprint density at radius 2 is 1.56 bits per heavy atom. The van der Waals surface area contributed by atoms with Gasteiger partial charge in [0.05, 0.1) is 23.8 Å². The van der Waals surface area contributed by atoms with Crippen molar-refractivity contribution in [2.45, 2.75) is 43.7 Å². The summed E-state index contributed by atoms with van der Waals surface area (Å²) in [6, 6.07) is 17.9. The average Bonchev–Trinajstić information content (AvgIpc) is 3.44. The molecular weight excluding hydrogens is 578 g/mol. The van der Waals surface area contributed by atoms with Gasteiger partial charge in [0.1, 0.15) is 5.41 Å². The van der Waals surface area contributed by atoms with Crippen LogP contribution in [0.4, 0.5) is 11.4 Å². The minimum absolute atomic E-state index is 0.120. The molecule has 11 nitrogen and oxygen atoms in total. The normalized spacial score (nSPS) is 21.9. The van der Waals surface area contributed by atoms with Gasteiger partial charge in [0, 0.05) is 36.0 Å². The molecular formula is C31H28ClN3O8. The molecule has 1 spiro atoms. The highest BCUT2D eigenvalue weighted by Gasteiger charge is 2.80. The number of fused-ring (bicyclic) bond motifs is 2. The number of hydrogen-bond donors (Lipinski definition) is 1. The molecule has 0 aromatic heterocycles. The van der Waals surface area contributed by atoms with E-state index in [1.807, 2.05) is 0 Å². The smallest absolute Gasteiger partial charge is 0.339 e. The fourth-order valence-corrected chi connectivity index (χ4v) is 6.66. The van der Waals surface area contributed by atoms with E-state index in [0.717, 1.165) is 4.90 Å². The van der Waals surface area contributed by atoms with E-state index in [9.17, 15) is 29.3 Å². The Balaban J connectivity index is 1.95. The number of hydrogen-bond acceptors (Lipinski definition) is 9. The van der Waals surface area contributed by atoms with Crippen molar-refractivity contribution in [3.63, 3.8) is 0 Å². The number of nitrogens with one attached hydrogen (secondary N) is 1. The first kappa shape index (κ1) is 29.9. The van der Waals surface area contributed by atoms with E-state index < -0.39 is 51.6 Å². The Labute approximate surface area is 251 Å². The number of imide groups is 1. The van der Waals surface area contributed by atoms with Crippen molar-refractivity contribution in [1.29, 1.82) is 0 Å². The van der Waals surface area contributed by atoms with Crippen molar-refractivity contribution in [2.24, 2.45) is 0 Å². The van der Waals surface area contributed by atoms with Gasteiger partial charge in [-0.2, -0.15) is 0 Å². The summed E-state index contributed by atoms with van der Waals surface area (Å²) in [6.07, 6.45) is 0. The van der Waals surface area contributed by atoms with Crippen molar-refractivity contribution < 1.29 is 33.6 Å². The van der Waals surface area contributed by atoms with Crippen molar-refractivity contribution in [1.82, 2.24) is 5.32 Å². The Morgan fingerprint density at radius 1 is 0.953 bits per heavy atom. The third kappa shape index (κ3) is 4.30. The fourth-order valence-electron chi connectivity index (χ4n) is 6.50. The van der Waals surface area contributed by atoms with Gasteiger partial charge in [-0.1, -0.05) is 60.1 Å². The van der Waals surface area contributed by atoms with Crippen LogP contribution in [0.25, 0.3) is 0 Å². The molecule has 2 aliphatic heterocycles. The number of carbonyl (C=O) groups excluding carboxylic acids is 4. The summed E-state index contributed by atoms with van der Waals surface area (Å²) < 4.78 is 11.0. The van der Waals surface area contributed by atoms with Crippen molar-refractivity contribution in [3.8, 4) is 0 Å². The molecule has 12 heteroatoms. The number of carbonyl (C=O) groups is 4. The molecule has 3 aromatic rings. The Hall–Kier alpha value is -4.61. The molecule has 2 amide bonds. The number of benzene rings is 3. The number of non-ortho nitro benzene ring substituents is 1. The summed E-state index contributed by atoms with van der Waals surface area (Å²) in [5.41, 5.74) is -3.47. The number of nitro groups is 1. The zero-order valence-electron chi connectivity index (χ0n) is 23.5. The molecule has 222 valence electrons. The van der Waals surface area contributed by atoms with E-state index in [1.165, 1.54) is 49.4 Å². The van der Waals surface area contributed by atoms with Crippen molar-refractivity contribution in [3.05, 3.63) is 105 Å². The maximum Gasteiger partial charge on any atom is 0.339 e. The Kier molecular flexibility index (Phi) is 7.80. The fraction of sp³-hybridized carbons (Fsp3) is 0.290. The first-order valence-corrected chi connectivity index (χ1v) is 14.0. The summed E-state index contributed by atoms with van der Waals surface area (Å²) in [5, 5.41) is 14.8. The first-order valence-electron chi connectivity index (χ1n) is 13.6. The molecule has 43 heavy (non-hydrogen) atoms. The van der Waals surface area contributed by atoms with E-state index in [-0.39, 0.29) is 35.2 Å². The molecule has 0 aliphatic carbocycles. The van der Waals surface area contributed by atoms with Gasteiger partial charge in [-0.15, -0.1) is 0 Å². The number of rotatable bonds is 7. The maximum atomic E-state index is 15.0. The van der Waals surface area contributed by atoms with Crippen LogP contribution < -0.4 is 10.2 Å². The molecule has 1 saturated heterocycles. The van der Waals surface area contributed by atoms with Gasteiger partial charge >= 0.3 is 11.9 Å². The quantitative estimate of drug-likeness (QED) is 0.179. The molecule has 3 aromatic carbocycles. The summed E-state index contributed by atoms with van der Waals surface area (Å²) in [4.78, 5) is 68.5. The van der Waals surface area contributed by atoms with E-state index in [2.05, 4.69) is 5.32 Å². The zero-order valence-corrected chi connectivity index (χ0v) is 24.3. The molecule has 0 saturated carbocycles. The van der Waals surface area contributed by atoms with Crippen LogP contribution in [0, 0.1) is 10.1 Å². The Bertz CT molecular complexity index is 1610. The molecule has 5 rings (SSSR count). The first-order chi connectivity index (χ1) is 20.6.